The Morgan fingerprint density at radius 3 is 2.33 bits per heavy atom. The Morgan fingerprint density at radius 2 is 1.62 bits per heavy atom. The lowest BCUT2D eigenvalue weighted by atomic mass is 9.93. The molecule has 5 aromatic rings. The number of rotatable bonds is 9. The molecule has 2 heterocycles. The van der Waals surface area contributed by atoms with Gasteiger partial charge < -0.3 is 10.0 Å². The summed E-state index contributed by atoms with van der Waals surface area (Å²) in [6.45, 7) is 8.50. The molecule has 0 unspecified atom stereocenters. The molecule has 6 rings (SSSR count). The fourth-order valence-corrected chi connectivity index (χ4v) is 7.08. The van der Waals surface area contributed by atoms with E-state index in [1.165, 1.54) is 22.3 Å². The van der Waals surface area contributed by atoms with Crippen molar-refractivity contribution in [1.29, 1.82) is 0 Å². The van der Waals surface area contributed by atoms with Crippen LogP contribution in [0.25, 0.3) is 17.7 Å². The minimum atomic E-state index is -0.967. The van der Waals surface area contributed by atoms with Gasteiger partial charge in [0.05, 0.1) is 5.75 Å². The number of thiophene rings is 1. The Balaban J connectivity index is 1.36. The van der Waals surface area contributed by atoms with E-state index in [-0.39, 0.29) is 17.4 Å². The lowest BCUT2D eigenvalue weighted by molar-refractivity contribution is -0.133. The highest BCUT2D eigenvalue weighted by Crippen LogP contribution is 2.41. The quantitative estimate of drug-likeness (QED) is 0.121. The van der Waals surface area contributed by atoms with E-state index in [2.05, 4.69) is 134 Å². The van der Waals surface area contributed by atoms with Gasteiger partial charge in [-0.1, -0.05) is 90.1 Å². The summed E-state index contributed by atoms with van der Waals surface area (Å²) in [4.78, 5) is 30.9. The maximum atomic E-state index is 12.5. The second kappa shape index (κ2) is 14.3. The van der Waals surface area contributed by atoms with Crippen molar-refractivity contribution >= 4 is 74.2 Å². The molecule has 0 fully saturated rings. The number of anilines is 3. The fourth-order valence-electron chi connectivity index (χ4n) is 5.51. The van der Waals surface area contributed by atoms with E-state index in [1.54, 1.807) is 17.4 Å². The number of thioether (sulfide) groups is 1. The van der Waals surface area contributed by atoms with Crippen LogP contribution < -0.4 is 10.2 Å². The SMILES string of the molecule is Cc1ccc(N(c2ccc(/C=C(\c3ccccc3)c3ccc(C)c(C)c3)cc2)c2ccc(/C=C3\N=C(SCC(=O)O)NC3=O)s2)c(C)c1. The van der Waals surface area contributed by atoms with Crippen LogP contribution in [0.15, 0.2) is 114 Å². The van der Waals surface area contributed by atoms with Gasteiger partial charge in [0.15, 0.2) is 5.17 Å². The van der Waals surface area contributed by atoms with Crippen molar-refractivity contribution in [3.63, 3.8) is 0 Å². The number of hydrogen-bond donors (Lipinski definition) is 2. The first-order valence-corrected chi connectivity index (χ1v) is 17.3. The number of nitrogens with zero attached hydrogens (tertiary/aromatic N) is 2. The normalized spacial score (nSPS) is 13.8. The van der Waals surface area contributed by atoms with Gasteiger partial charge >= 0.3 is 5.97 Å². The summed E-state index contributed by atoms with van der Waals surface area (Å²) in [7, 11) is 0. The molecule has 6 nitrogen and oxygen atoms in total. The topological polar surface area (TPSA) is 82.0 Å². The predicted molar refractivity (Wildman–Crippen MR) is 201 cm³/mol. The maximum Gasteiger partial charge on any atom is 0.313 e. The molecule has 48 heavy (non-hydrogen) atoms. The molecule has 0 saturated carbocycles. The van der Waals surface area contributed by atoms with Crippen LogP contribution >= 0.6 is 23.1 Å². The smallest absolute Gasteiger partial charge is 0.313 e. The average Bonchev–Trinajstić information content (AvgIpc) is 3.68. The molecule has 0 radical (unpaired) electrons. The number of amides is 1. The molecule has 4 aromatic carbocycles. The lowest BCUT2D eigenvalue weighted by Gasteiger charge is -2.25. The number of carboxylic acid groups (broad SMARTS) is 1. The minimum Gasteiger partial charge on any atom is -0.481 e. The van der Waals surface area contributed by atoms with Crippen molar-refractivity contribution in [3.8, 4) is 0 Å². The molecule has 0 bridgehead atoms. The summed E-state index contributed by atoms with van der Waals surface area (Å²) in [5.74, 6) is -1.48. The molecule has 1 aliphatic rings. The third-order valence-electron chi connectivity index (χ3n) is 8.08. The lowest BCUT2D eigenvalue weighted by Crippen LogP contribution is -2.22. The Morgan fingerprint density at radius 1 is 0.854 bits per heavy atom. The highest BCUT2D eigenvalue weighted by Gasteiger charge is 2.22. The van der Waals surface area contributed by atoms with E-state index in [4.69, 9.17) is 5.11 Å². The molecule has 1 amide bonds. The van der Waals surface area contributed by atoms with Gasteiger partial charge in [-0.25, -0.2) is 4.99 Å². The fraction of sp³-hybridized carbons (Fsp3) is 0.125. The van der Waals surface area contributed by atoms with Crippen molar-refractivity contribution in [1.82, 2.24) is 5.32 Å². The first-order valence-electron chi connectivity index (χ1n) is 15.5. The molecule has 0 aliphatic carbocycles. The van der Waals surface area contributed by atoms with Crippen LogP contribution in [-0.4, -0.2) is 27.9 Å². The number of amidine groups is 1. The third-order valence-corrected chi connectivity index (χ3v) is 9.95. The van der Waals surface area contributed by atoms with E-state index in [0.29, 0.717) is 5.17 Å². The second-order valence-electron chi connectivity index (χ2n) is 11.7. The first-order chi connectivity index (χ1) is 23.1. The average molecular weight is 670 g/mol. The highest BCUT2D eigenvalue weighted by atomic mass is 32.2. The van der Waals surface area contributed by atoms with Crippen molar-refractivity contribution in [2.75, 3.05) is 10.7 Å². The highest BCUT2D eigenvalue weighted by molar-refractivity contribution is 8.14. The molecular weight excluding hydrogens is 635 g/mol. The molecule has 1 aromatic heterocycles. The van der Waals surface area contributed by atoms with Crippen LogP contribution in [0.5, 0.6) is 0 Å². The Bertz CT molecular complexity index is 2090. The van der Waals surface area contributed by atoms with Gasteiger partial charge in [-0.3, -0.25) is 14.9 Å². The van der Waals surface area contributed by atoms with E-state index in [1.807, 2.05) is 18.2 Å². The standard InChI is InChI=1S/C40H35N3O3S2/c1-25-10-18-36(28(4)20-25)43(37-19-17-33(48-37)23-35-39(46)42-40(41-35)47-24-38(44)45)32-15-12-29(13-16-32)22-34(30-8-6-5-7-9-30)31-14-11-26(2)27(3)21-31/h5-23H,24H2,1-4H3,(H,44,45)(H,41,42,46)/b34-22+,35-23-. The second-order valence-corrected chi connectivity index (χ2v) is 13.8. The zero-order chi connectivity index (χ0) is 33.8. The van der Waals surface area contributed by atoms with Gasteiger partial charge in [0, 0.05) is 16.3 Å². The Kier molecular flexibility index (Phi) is 9.75. The molecule has 240 valence electrons. The van der Waals surface area contributed by atoms with Gasteiger partial charge in [-0.05, 0) is 109 Å². The number of hydrogen-bond acceptors (Lipinski definition) is 6. The summed E-state index contributed by atoms with van der Waals surface area (Å²) in [5, 5.41) is 12.9. The maximum absolute atomic E-state index is 12.5. The number of nitrogens with one attached hydrogen (secondary N) is 1. The largest absolute Gasteiger partial charge is 0.481 e. The number of carbonyl (C=O) groups is 2. The number of carbonyl (C=O) groups excluding carboxylic acids is 1. The number of aliphatic carboxylic acids is 1. The molecule has 0 atom stereocenters. The summed E-state index contributed by atoms with van der Waals surface area (Å²) in [5.41, 5.74) is 11.8. The van der Waals surface area contributed by atoms with Crippen molar-refractivity contribution < 1.29 is 14.7 Å². The van der Waals surface area contributed by atoms with E-state index < -0.39 is 5.97 Å². The van der Waals surface area contributed by atoms with Crippen molar-refractivity contribution in [3.05, 3.63) is 153 Å². The molecule has 8 heteroatoms. The van der Waals surface area contributed by atoms with Crippen molar-refractivity contribution in [2.24, 2.45) is 4.99 Å². The Hall–Kier alpha value is -5.18. The van der Waals surface area contributed by atoms with E-state index in [0.717, 1.165) is 55.3 Å². The van der Waals surface area contributed by atoms with E-state index >= 15 is 0 Å². The monoisotopic (exact) mass is 669 g/mol. The predicted octanol–water partition coefficient (Wildman–Crippen LogP) is 9.68. The van der Waals surface area contributed by atoms with Crippen molar-refractivity contribution in [2.45, 2.75) is 27.7 Å². The van der Waals surface area contributed by atoms with E-state index in [9.17, 15) is 9.59 Å². The zero-order valence-corrected chi connectivity index (χ0v) is 28.8. The zero-order valence-electron chi connectivity index (χ0n) is 27.2. The van der Waals surface area contributed by atoms with Crippen LogP contribution in [0.3, 0.4) is 0 Å². The minimum absolute atomic E-state index is 0.172. The van der Waals surface area contributed by atoms with Gasteiger partial charge in [0.1, 0.15) is 10.7 Å². The van der Waals surface area contributed by atoms with Crippen LogP contribution in [0.1, 0.15) is 43.8 Å². The molecule has 1 aliphatic heterocycles. The van der Waals surface area contributed by atoms with Crippen LogP contribution in [0.2, 0.25) is 0 Å². The van der Waals surface area contributed by atoms with Gasteiger partial charge in [-0.15, -0.1) is 11.3 Å². The van der Waals surface area contributed by atoms with Gasteiger partial charge in [-0.2, -0.15) is 0 Å². The number of benzene rings is 4. The molecular formula is C40H35N3O3S2. The summed E-state index contributed by atoms with van der Waals surface area (Å²) >= 11 is 2.54. The number of aryl methyl sites for hydroxylation is 4. The Labute approximate surface area is 289 Å². The number of carboxylic acids is 1. The summed E-state index contributed by atoms with van der Waals surface area (Å²) in [6.07, 6.45) is 3.99. The van der Waals surface area contributed by atoms with Gasteiger partial charge in [0.25, 0.3) is 5.91 Å². The first kappa shape index (κ1) is 32.7. The summed E-state index contributed by atoms with van der Waals surface area (Å²) in [6, 6.07) is 36.2. The third kappa shape index (κ3) is 7.51. The van der Waals surface area contributed by atoms with Crippen LogP contribution in [-0.2, 0) is 9.59 Å². The number of aliphatic imine (C=N–C) groups is 1. The summed E-state index contributed by atoms with van der Waals surface area (Å²) < 4.78 is 0. The molecule has 0 saturated heterocycles. The van der Waals surface area contributed by atoms with Crippen LogP contribution in [0, 0.1) is 27.7 Å². The molecule has 0 spiro atoms. The van der Waals surface area contributed by atoms with Gasteiger partial charge in [0.2, 0.25) is 0 Å². The van der Waals surface area contributed by atoms with Crippen LogP contribution in [0.4, 0.5) is 16.4 Å². The molecule has 2 N–H and O–H groups in total.